The largest absolute Gasteiger partial charge is 0.370 e. The first-order valence-electron chi connectivity index (χ1n) is 6.77. The van der Waals surface area contributed by atoms with Crippen LogP contribution in [0.2, 0.25) is 0 Å². The van der Waals surface area contributed by atoms with Gasteiger partial charge in [0.05, 0.1) is 0 Å². The van der Waals surface area contributed by atoms with Crippen LogP contribution >= 0.6 is 0 Å². The summed E-state index contributed by atoms with van der Waals surface area (Å²) in [5.74, 6) is 1.13. The van der Waals surface area contributed by atoms with Gasteiger partial charge in [0.15, 0.2) is 5.78 Å². The maximum atomic E-state index is 12.4. The first-order chi connectivity index (χ1) is 9.24. The molecule has 1 heterocycles. The average Bonchev–Trinajstić information content (AvgIpc) is 3.03. The number of hydrogen-bond donors (Lipinski definition) is 2. The minimum absolute atomic E-state index is 0.192. The number of carbonyl (C=O) groups excluding carboxylic acids is 1. The van der Waals surface area contributed by atoms with Crippen molar-refractivity contribution in [1.82, 2.24) is 10.6 Å². The van der Waals surface area contributed by atoms with Gasteiger partial charge < -0.3 is 10.6 Å². The van der Waals surface area contributed by atoms with E-state index in [4.69, 9.17) is 0 Å². The maximum absolute atomic E-state index is 12.4. The number of rotatable bonds is 1. The predicted octanol–water partition coefficient (Wildman–Crippen LogP) is 2.15. The number of carbonyl (C=O) groups is 1. The van der Waals surface area contributed by atoms with Gasteiger partial charge in [-0.1, -0.05) is 29.8 Å². The second-order valence-corrected chi connectivity index (χ2v) is 5.12. The molecule has 0 aromatic heterocycles. The van der Waals surface area contributed by atoms with Crippen molar-refractivity contribution in [2.45, 2.75) is 19.8 Å². The third kappa shape index (κ3) is 2.41. The highest BCUT2D eigenvalue weighted by atomic mass is 16.1. The lowest BCUT2D eigenvalue weighted by atomic mass is 10.1. The van der Waals surface area contributed by atoms with E-state index in [0.29, 0.717) is 0 Å². The minimum atomic E-state index is 0.192. The second kappa shape index (κ2) is 4.92. The third-order valence-electron chi connectivity index (χ3n) is 3.66. The van der Waals surface area contributed by atoms with Crippen molar-refractivity contribution in [2.75, 3.05) is 13.1 Å². The fourth-order valence-corrected chi connectivity index (χ4v) is 2.57. The van der Waals surface area contributed by atoms with E-state index in [9.17, 15) is 4.79 Å². The molecular formula is C16H18N2O. The average molecular weight is 254 g/mol. The Morgan fingerprint density at radius 3 is 2.42 bits per heavy atom. The van der Waals surface area contributed by atoms with Crippen molar-refractivity contribution in [1.29, 1.82) is 0 Å². The molecule has 0 unspecified atom stereocenters. The molecule has 1 aliphatic heterocycles. The summed E-state index contributed by atoms with van der Waals surface area (Å²) in [5, 5.41) is 6.48. The summed E-state index contributed by atoms with van der Waals surface area (Å²) < 4.78 is 0. The molecule has 1 saturated carbocycles. The summed E-state index contributed by atoms with van der Waals surface area (Å²) >= 11 is 0. The summed E-state index contributed by atoms with van der Waals surface area (Å²) in [6, 6.07) is 8.27. The Labute approximate surface area is 113 Å². The molecular weight excluding hydrogens is 236 g/mol. The predicted molar refractivity (Wildman–Crippen MR) is 76.4 cm³/mol. The van der Waals surface area contributed by atoms with E-state index in [1.54, 1.807) is 0 Å². The van der Waals surface area contributed by atoms with E-state index in [2.05, 4.69) is 41.8 Å². The highest BCUT2D eigenvalue weighted by molar-refractivity contribution is 6.13. The normalized spacial score (nSPS) is 20.9. The SMILES string of the molecule is Cc1ccc(/C=C2\CCC(=C3NCCN3)C2=O)cc1. The van der Waals surface area contributed by atoms with Gasteiger partial charge in [-0.05, 0) is 31.4 Å². The second-order valence-electron chi connectivity index (χ2n) is 5.12. The zero-order valence-corrected chi connectivity index (χ0v) is 11.1. The van der Waals surface area contributed by atoms with E-state index in [-0.39, 0.29) is 5.78 Å². The third-order valence-corrected chi connectivity index (χ3v) is 3.66. The van der Waals surface area contributed by atoms with Crippen molar-refractivity contribution in [2.24, 2.45) is 0 Å². The Kier molecular flexibility index (Phi) is 3.11. The highest BCUT2D eigenvalue weighted by Crippen LogP contribution is 2.29. The molecule has 1 aliphatic carbocycles. The molecule has 0 atom stereocenters. The summed E-state index contributed by atoms with van der Waals surface area (Å²) in [7, 11) is 0. The number of hydrogen-bond acceptors (Lipinski definition) is 3. The first kappa shape index (κ1) is 12.0. The Morgan fingerprint density at radius 1 is 1.05 bits per heavy atom. The van der Waals surface area contributed by atoms with Crippen LogP contribution in [-0.4, -0.2) is 18.9 Å². The monoisotopic (exact) mass is 254 g/mol. The summed E-state index contributed by atoms with van der Waals surface area (Å²) in [6.07, 6.45) is 3.70. The van der Waals surface area contributed by atoms with Gasteiger partial charge in [0.2, 0.25) is 0 Å². The number of nitrogens with one attached hydrogen (secondary N) is 2. The van der Waals surface area contributed by atoms with Crippen LogP contribution in [0.25, 0.3) is 6.08 Å². The van der Waals surface area contributed by atoms with Gasteiger partial charge in [-0.15, -0.1) is 0 Å². The molecule has 0 bridgehead atoms. The van der Waals surface area contributed by atoms with Crippen LogP contribution in [0.3, 0.4) is 0 Å². The van der Waals surface area contributed by atoms with Gasteiger partial charge in [-0.3, -0.25) is 4.79 Å². The van der Waals surface area contributed by atoms with Crippen molar-refractivity contribution >= 4 is 11.9 Å². The van der Waals surface area contributed by atoms with Gasteiger partial charge in [-0.2, -0.15) is 0 Å². The molecule has 3 rings (SSSR count). The molecule has 3 nitrogen and oxygen atoms in total. The van der Waals surface area contributed by atoms with Crippen LogP contribution in [-0.2, 0) is 4.79 Å². The highest BCUT2D eigenvalue weighted by Gasteiger charge is 2.27. The van der Waals surface area contributed by atoms with E-state index in [1.807, 2.05) is 6.08 Å². The molecule has 0 radical (unpaired) electrons. The van der Waals surface area contributed by atoms with Crippen LogP contribution in [0.15, 0.2) is 41.2 Å². The lowest BCUT2D eigenvalue weighted by molar-refractivity contribution is -0.111. The zero-order valence-electron chi connectivity index (χ0n) is 11.1. The topological polar surface area (TPSA) is 41.1 Å². The number of Topliss-reactive ketones (excluding diaryl/α,β-unsaturated/α-hetero) is 1. The van der Waals surface area contributed by atoms with E-state index in [1.165, 1.54) is 5.56 Å². The number of ketones is 1. The van der Waals surface area contributed by atoms with Gasteiger partial charge in [0.1, 0.15) is 5.82 Å². The van der Waals surface area contributed by atoms with Crippen molar-refractivity contribution < 1.29 is 4.79 Å². The molecule has 98 valence electrons. The minimum Gasteiger partial charge on any atom is -0.370 e. The molecule has 1 saturated heterocycles. The summed E-state index contributed by atoms with van der Waals surface area (Å²) in [5.41, 5.74) is 4.17. The van der Waals surface area contributed by atoms with Gasteiger partial charge >= 0.3 is 0 Å². The Balaban J connectivity index is 1.85. The fourth-order valence-electron chi connectivity index (χ4n) is 2.57. The van der Waals surface area contributed by atoms with E-state index < -0.39 is 0 Å². The molecule has 2 N–H and O–H groups in total. The molecule has 3 heteroatoms. The van der Waals surface area contributed by atoms with Crippen LogP contribution in [0.5, 0.6) is 0 Å². The Morgan fingerprint density at radius 2 is 1.74 bits per heavy atom. The molecule has 2 fully saturated rings. The van der Waals surface area contributed by atoms with Crippen molar-refractivity contribution in [3.05, 3.63) is 52.4 Å². The van der Waals surface area contributed by atoms with Crippen LogP contribution in [0.1, 0.15) is 24.0 Å². The van der Waals surface area contributed by atoms with E-state index in [0.717, 1.165) is 48.5 Å². The van der Waals surface area contributed by atoms with Gasteiger partial charge in [0.25, 0.3) is 0 Å². The van der Waals surface area contributed by atoms with Crippen molar-refractivity contribution in [3.63, 3.8) is 0 Å². The number of aryl methyl sites for hydroxylation is 1. The van der Waals surface area contributed by atoms with Crippen LogP contribution < -0.4 is 10.6 Å². The first-order valence-corrected chi connectivity index (χ1v) is 6.77. The number of allylic oxidation sites excluding steroid dienone is 2. The quantitative estimate of drug-likeness (QED) is 0.754. The van der Waals surface area contributed by atoms with Crippen molar-refractivity contribution in [3.8, 4) is 0 Å². The molecule has 2 aliphatic rings. The lowest BCUT2D eigenvalue weighted by Gasteiger charge is -2.03. The maximum Gasteiger partial charge on any atom is 0.188 e. The summed E-state index contributed by atoms with van der Waals surface area (Å²) in [4.78, 5) is 12.4. The van der Waals surface area contributed by atoms with E-state index >= 15 is 0 Å². The molecule has 19 heavy (non-hydrogen) atoms. The standard InChI is InChI=1S/C16H18N2O/c1-11-2-4-12(5-3-11)10-13-6-7-14(15(13)19)16-17-8-9-18-16/h2-5,10,17-18H,6-9H2,1H3/b13-10+. The lowest BCUT2D eigenvalue weighted by Crippen LogP contribution is -2.15. The van der Waals surface area contributed by atoms with Crippen LogP contribution in [0.4, 0.5) is 0 Å². The van der Waals surface area contributed by atoms with Crippen LogP contribution in [0, 0.1) is 6.92 Å². The van der Waals surface area contributed by atoms with Gasteiger partial charge in [0, 0.05) is 24.2 Å². The molecule has 1 aromatic rings. The Hall–Kier alpha value is -2.03. The molecule has 1 aromatic carbocycles. The van der Waals surface area contributed by atoms with Gasteiger partial charge in [-0.25, -0.2) is 0 Å². The fraction of sp³-hybridized carbons (Fsp3) is 0.312. The smallest absolute Gasteiger partial charge is 0.188 e. The number of benzene rings is 1. The zero-order chi connectivity index (χ0) is 13.2. The molecule has 0 amide bonds. The molecule has 0 spiro atoms. The summed E-state index contributed by atoms with van der Waals surface area (Å²) in [6.45, 7) is 3.88. The Bertz CT molecular complexity index is 559.